The van der Waals surface area contributed by atoms with Crippen molar-refractivity contribution in [3.8, 4) is 5.75 Å². The Morgan fingerprint density at radius 3 is 2.18 bits per heavy atom. The standard InChI is InChI=1S/C14H15F3N2O3/c15-14(16,17)22-11-7-5-10(6-8-11)19-13(21)12(20)18-9-3-1-2-4-9/h5-9H,1-4H2,(H,18,20)(H,19,21). The quantitative estimate of drug-likeness (QED) is 0.842. The van der Waals surface area contributed by atoms with E-state index in [-0.39, 0.29) is 11.7 Å². The van der Waals surface area contributed by atoms with Crippen LogP contribution in [0.1, 0.15) is 25.7 Å². The van der Waals surface area contributed by atoms with Gasteiger partial charge in [0.05, 0.1) is 0 Å². The van der Waals surface area contributed by atoms with Crippen molar-refractivity contribution in [1.82, 2.24) is 5.32 Å². The van der Waals surface area contributed by atoms with Crippen LogP contribution in [0.4, 0.5) is 18.9 Å². The number of benzene rings is 1. The third-order valence-electron chi connectivity index (χ3n) is 3.24. The largest absolute Gasteiger partial charge is 0.573 e. The number of rotatable bonds is 3. The van der Waals surface area contributed by atoms with Crippen molar-refractivity contribution in [3.05, 3.63) is 24.3 Å². The van der Waals surface area contributed by atoms with Gasteiger partial charge in [0.25, 0.3) is 0 Å². The smallest absolute Gasteiger partial charge is 0.406 e. The molecule has 0 aliphatic heterocycles. The van der Waals surface area contributed by atoms with Crippen LogP contribution in [0.25, 0.3) is 0 Å². The lowest BCUT2D eigenvalue weighted by Crippen LogP contribution is -2.40. The van der Waals surface area contributed by atoms with E-state index in [0.717, 1.165) is 37.8 Å². The van der Waals surface area contributed by atoms with E-state index in [2.05, 4.69) is 15.4 Å². The molecule has 22 heavy (non-hydrogen) atoms. The summed E-state index contributed by atoms with van der Waals surface area (Å²) in [5.41, 5.74) is 0.209. The number of amides is 2. The van der Waals surface area contributed by atoms with E-state index < -0.39 is 23.9 Å². The molecule has 1 aliphatic carbocycles. The lowest BCUT2D eigenvalue weighted by atomic mass is 10.2. The Bertz CT molecular complexity index is 537. The van der Waals surface area contributed by atoms with Gasteiger partial charge in [0.1, 0.15) is 5.75 Å². The summed E-state index contributed by atoms with van der Waals surface area (Å²) in [7, 11) is 0. The van der Waals surface area contributed by atoms with Gasteiger partial charge in [-0.05, 0) is 37.1 Å². The molecule has 1 aliphatic rings. The second-order valence-electron chi connectivity index (χ2n) is 4.98. The van der Waals surface area contributed by atoms with Crippen molar-refractivity contribution in [2.75, 3.05) is 5.32 Å². The average Bonchev–Trinajstić information content (AvgIpc) is 2.92. The molecule has 2 N–H and O–H groups in total. The molecule has 0 atom stereocenters. The topological polar surface area (TPSA) is 67.4 Å². The van der Waals surface area contributed by atoms with E-state index in [0.29, 0.717) is 0 Å². The molecule has 0 saturated heterocycles. The zero-order chi connectivity index (χ0) is 16.2. The molecular formula is C14H15F3N2O3. The molecule has 1 saturated carbocycles. The van der Waals surface area contributed by atoms with E-state index in [4.69, 9.17) is 0 Å². The Hall–Kier alpha value is -2.25. The number of carbonyl (C=O) groups is 2. The SMILES string of the molecule is O=C(Nc1ccc(OC(F)(F)F)cc1)C(=O)NC1CCCC1. The number of alkyl halides is 3. The molecule has 2 amide bonds. The van der Waals surface area contributed by atoms with E-state index in [1.54, 1.807) is 0 Å². The molecule has 1 aromatic rings. The Kier molecular flexibility index (Phi) is 4.89. The normalized spacial score (nSPS) is 15.4. The van der Waals surface area contributed by atoms with Gasteiger partial charge in [0.15, 0.2) is 0 Å². The van der Waals surface area contributed by atoms with E-state index in [9.17, 15) is 22.8 Å². The number of ether oxygens (including phenoxy) is 1. The van der Waals surface area contributed by atoms with E-state index in [1.807, 2.05) is 0 Å². The predicted molar refractivity (Wildman–Crippen MR) is 72.2 cm³/mol. The van der Waals surface area contributed by atoms with Gasteiger partial charge in [-0.2, -0.15) is 0 Å². The molecule has 1 aromatic carbocycles. The fraction of sp³-hybridized carbons (Fsp3) is 0.429. The molecule has 5 nitrogen and oxygen atoms in total. The summed E-state index contributed by atoms with van der Waals surface area (Å²) in [5.74, 6) is -2.00. The highest BCUT2D eigenvalue weighted by molar-refractivity contribution is 6.39. The van der Waals surface area contributed by atoms with Gasteiger partial charge in [-0.1, -0.05) is 12.8 Å². The van der Waals surface area contributed by atoms with Gasteiger partial charge < -0.3 is 15.4 Å². The fourth-order valence-electron chi connectivity index (χ4n) is 2.25. The number of hydrogen-bond acceptors (Lipinski definition) is 3. The average molecular weight is 316 g/mol. The van der Waals surface area contributed by atoms with Crippen LogP contribution < -0.4 is 15.4 Å². The first kappa shape index (κ1) is 16.1. The number of carbonyl (C=O) groups excluding carboxylic acids is 2. The minimum Gasteiger partial charge on any atom is -0.406 e. The van der Waals surface area contributed by atoms with E-state index >= 15 is 0 Å². The maximum absolute atomic E-state index is 12.0. The minimum absolute atomic E-state index is 0.0146. The zero-order valence-electron chi connectivity index (χ0n) is 11.6. The second-order valence-corrected chi connectivity index (χ2v) is 4.98. The number of hydrogen-bond donors (Lipinski definition) is 2. The van der Waals surface area contributed by atoms with Crippen LogP contribution in [0, 0.1) is 0 Å². The summed E-state index contributed by atoms with van der Waals surface area (Å²) in [6.45, 7) is 0. The highest BCUT2D eigenvalue weighted by Crippen LogP contribution is 2.24. The van der Waals surface area contributed by atoms with Gasteiger partial charge in [0.2, 0.25) is 0 Å². The summed E-state index contributed by atoms with van der Waals surface area (Å²) < 4.78 is 39.7. The Labute approximate surface area is 124 Å². The predicted octanol–water partition coefficient (Wildman–Crippen LogP) is 2.58. The maximum atomic E-state index is 12.0. The summed E-state index contributed by atoms with van der Waals surface area (Å²) in [6, 6.07) is 4.57. The number of halogens is 3. The first-order valence-electron chi connectivity index (χ1n) is 6.81. The van der Waals surface area contributed by atoms with Crippen LogP contribution in [0.2, 0.25) is 0 Å². The highest BCUT2D eigenvalue weighted by Gasteiger charge is 2.31. The summed E-state index contributed by atoms with van der Waals surface area (Å²) in [4.78, 5) is 23.3. The number of anilines is 1. The summed E-state index contributed by atoms with van der Waals surface area (Å²) in [5, 5.41) is 4.93. The number of nitrogens with one attached hydrogen (secondary N) is 2. The summed E-state index contributed by atoms with van der Waals surface area (Å²) in [6.07, 6.45) is -1.03. The zero-order valence-corrected chi connectivity index (χ0v) is 11.6. The first-order valence-corrected chi connectivity index (χ1v) is 6.81. The monoisotopic (exact) mass is 316 g/mol. The molecule has 0 spiro atoms. The van der Waals surface area contributed by atoms with Crippen molar-refractivity contribution in [3.63, 3.8) is 0 Å². The minimum atomic E-state index is -4.77. The molecular weight excluding hydrogens is 301 g/mol. The van der Waals surface area contributed by atoms with Gasteiger partial charge in [0, 0.05) is 11.7 Å². The Morgan fingerprint density at radius 1 is 1.05 bits per heavy atom. The van der Waals surface area contributed by atoms with Crippen molar-refractivity contribution < 1.29 is 27.5 Å². The van der Waals surface area contributed by atoms with Crippen LogP contribution in [0.3, 0.4) is 0 Å². The summed E-state index contributed by atoms with van der Waals surface area (Å²) >= 11 is 0. The third kappa shape index (κ3) is 4.94. The van der Waals surface area contributed by atoms with Gasteiger partial charge in [-0.15, -0.1) is 13.2 Å². The van der Waals surface area contributed by atoms with Gasteiger partial charge in [-0.25, -0.2) is 0 Å². The molecule has 1 fully saturated rings. The van der Waals surface area contributed by atoms with Crippen LogP contribution in [-0.4, -0.2) is 24.2 Å². The molecule has 0 radical (unpaired) electrons. The Morgan fingerprint density at radius 2 is 1.64 bits per heavy atom. The van der Waals surface area contributed by atoms with Crippen molar-refractivity contribution >= 4 is 17.5 Å². The van der Waals surface area contributed by atoms with Crippen molar-refractivity contribution in [2.45, 2.75) is 38.1 Å². The van der Waals surface area contributed by atoms with E-state index in [1.165, 1.54) is 12.1 Å². The second kappa shape index (κ2) is 6.67. The third-order valence-corrected chi connectivity index (χ3v) is 3.24. The van der Waals surface area contributed by atoms with Crippen LogP contribution >= 0.6 is 0 Å². The molecule has 0 unspecified atom stereocenters. The lowest BCUT2D eigenvalue weighted by Gasteiger charge is -2.12. The molecule has 8 heteroatoms. The molecule has 0 heterocycles. The lowest BCUT2D eigenvalue weighted by molar-refractivity contribution is -0.274. The van der Waals surface area contributed by atoms with Crippen molar-refractivity contribution in [1.29, 1.82) is 0 Å². The van der Waals surface area contributed by atoms with Crippen LogP contribution in [0.15, 0.2) is 24.3 Å². The van der Waals surface area contributed by atoms with Crippen molar-refractivity contribution in [2.24, 2.45) is 0 Å². The van der Waals surface area contributed by atoms with Crippen LogP contribution in [-0.2, 0) is 9.59 Å². The fourth-order valence-corrected chi connectivity index (χ4v) is 2.25. The highest BCUT2D eigenvalue weighted by atomic mass is 19.4. The molecule has 120 valence electrons. The Balaban J connectivity index is 1.86. The first-order chi connectivity index (χ1) is 10.3. The van der Waals surface area contributed by atoms with Gasteiger partial charge in [-0.3, -0.25) is 9.59 Å². The maximum Gasteiger partial charge on any atom is 0.573 e. The van der Waals surface area contributed by atoms with Crippen LogP contribution in [0.5, 0.6) is 5.75 Å². The molecule has 2 rings (SSSR count). The molecule has 0 aromatic heterocycles. The van der Waals surface area contributed by atoms with Gasteiger partial charge >= 0.3 is 18.2 Å². The molecule has 0 bridgehead atoms.